The topological polar surface area (TPSA) is 72.3 Å². The van der Waals surface area contributed by atoms with Crippen molar-refractivity contribution in [3.63, 3.8) is 0 Å². The van der Waals surface area contributed by atoms with E-state index >= 15 is 0 Å². The van der Waals surface area contributed by atoms with Gasteiger partial charge in [0.2, 0.25) is 5.89 Å². The zero-order valence-electron chi connectivity index (χ0n) is 10.6. The molecule has 0 aliphatic carbocycles. The molecule has 2 aromatic carbocycles. The predicted octanol–water partition coefficient (Wildman–Crippen LogP) is 3.35. The van der Waals surface area contributed by atoms with Crippen LogP contribution in [0.2, 0.25) is 0 Å². The number of rotatable bonds is 2. The van der Waals surface area contributed by atoms with Crippen molar-refractivity contribution in [2.24, 2.45) is 0 Å². The van der Waals surface area contributed by atoms with Crippen LogP contribution < -0.4 is 5.73 Å². The minimum atomic E-state index is 0.0715. The monoisotopic (exact) mass is 254 g/mol. The Hall–Kier alpha value is -2.49. The Kier molecular flexibility index (Phi) is 2.63. The molecular weight excluding hydrogens is 240 g/mol. The van der Waals surface area contributed by atoms with Crippen molar-refractivity contribution in [2.75, 3.05) is 5.73 Å². The second kappa shape index (κ2) is 4.31. The smallest absolute Gasteiger partial charge is 0.231 e. The Morgan fingerprint density at radius 1 is 1.21 bits per heavy atom. The molecule has 0 aliphatic rings. The number of fused-ring (bicyclic) bond motifs is 1. The summed E-state index contributed by atoms with van der Waals surface area (Å²) < 4.78 is 5.66. The molecule has 0 radical (unpaired) electrons. The Bertz CT molecular complexity index is 747. The molecule has 4 heteroatoms. The summed E-state index contributed by atoms with van der Waals surface area (Å²) in [5.41, 5.74) is 9.37. The molecule has 3 rings (SSSR count). The molecule has 3 N–H and O–H groups in total. The van der Waals surface area contributed by atoms with Crippen LogP contribution in [0.15, 0.2) is 40.8 Å². The first kappa shape index (κ1) is 11.6. The van der Waals surface area contributed by atoms with Gasteiger partial charge in [0, 0.05) is 11.8 Å². The van der Waals surface area contributed by atoms with Gasteiger partial charge in [0.05, 0.1) is 5.56 Å². The first-order valence-electron chi connectivity index (χ1n) is 6.15. The summed E-state index contributed by atoms with van der Waals surface area (Å²) in [5.74, 6) is 0.475. The van der Waals surface area contributed by atoms with Gasteiger partial charge in [-0.25, -0.2) is 4.98 Å². The van der Waals surface area contributed by atoms with Crippen molar-refractivity contribution in [1.82, 2.24) is 4.98 Å². The fourth-order valence-electron chi connectivity index (χ4n) is 2.04. The summed E-state index contributed by atoms with van der Waals surface area (Å²) in [5, 5.41) is 9.89. The molecule has 0 saturated carbocycles. The summed E-state index contributed by atoms with van der Waals surface area (Å²) >= 11 is 0. The van der Waals surface area contributed by atoms with E-state index in [-0.39, 0.29) is 5.75 Å². The van der Waals surface area contributed by atoms with E-state index in [0.29, 0.717) is 22.7 Å². The summed E-state index contributed by atoms with van der Waals surface area (Å²) in [6, 6.07) is 10.8. The van der Waals surface area contributed by atoms with Gasteiger partial charge in [-0.3, -0.25) is 0 Å². The number of hydrogen-bond donors (Lipinski definition) is 2. The van der Waals surface area contributed by atoms with E-state index in [1.807, 2.05) is 18.2 Å². The third-order valence-corrected chi connectivity index (χ3v) is 3.11. The molecule has 3 aromatic rings. The van der Waals surface area contributed by atoms with E-state index in [9.17, 15) is 5.11 Å². The maximum Gasteiger partial charge on any atom is 0.231 e. The van der Waals surface area contributed by atoms with Crippen LogP contribution in [0, 0.1) is 0 Å². The number of phenolic OH excluding ortho intramolecular Hbond substituents is 1. The molecule has 0 amide bonds. The van der Waals surface area contributed by atoms with Crippen LogP contribution in [-0.4, -0.2) is 10.1 Å². The Morgan fingerprint density at radius 2 is 2.05 bits per heavy atom. The average Bonchev–Trinajstić information content (AvgIpc) is 2.80. The van der Waals surface area contributed by atoms with Crippen molar-refractivity contribution in [2.45, 2.75) is 13.3 Å². The minimum Gasteiger partial charge on any atom is -0.507 e. The van der Waals surface area contributed by atoms with E-state index in [0.717, 1.165) is 11.9 Å². The van der Waals surface area contributed by atoms with Gasteiger partial charge in [0.1, 0.15) is 11.3 Å². The number of phenols is 1. The number of hydrogen-bond acceptors (Lipinski definition) is 4. The molecule has 0 bridgehead atoms. The molecule has 0 atom stereocenters. The maximum absolute atomic E-state index is 9.89. The number of nitrogens with zero attached hydrogens (tertiary/aromatic N) is 1. The number of oxazole rings is 1. The van der Waals surface area contributed by atoms with Crippen LogP contribution in [0.25, 0.3) is 22.6 Å². The fraction of sp³-hybridized carbons (Fsp3) is 0.133. The third-order valence-electron chi connectivity index (χ3n) is 3.11. The highest BCUT2D eigenvalue weighted by molar-refractivity contribution is 5.78. The standard InChI is InChI=1S/C15H14N2O2/c1-2-9-3-6-14-12(7-9)17-15(19-14)11-5-4-10(16)8-13(11)18/h3-8,18H,2,16H2,1H3. The van der Waals surface area contributed by atoms with Gasteiger partial charge in [0.15, 0.2) is 5.58 Å². The van der Waals surface area contributed by atoms with E-state index in [4.69, 9.17) is 10.2 Å². The zero-order valence-corrected chi connectivity index (χ0v) is 10.6. The Labute approximate surface area is 110 Å². The minimum absolute atomic E-state index is 0.0715. The number of aryl methyl sites for hydroxylation is 1. The second-order valence-corrected chi connectivity index (χ2v) is 4.45. The highest BCUT2D eigenvalue weighted by Gasteiger charge is 2.12. The number of nitrogen functional groups attached to an aromatic ring is 1. The van der Waals surface area contributed by atoms with Gasteiger partial charge in [-0.1, -0.05) is 13.0 Å². The molecule has 4 nitrogen and oxygen atoms in total. The van der Waals surface area contributed by atoms with E-state index in [1.165, 1.54) is 11.6 Å². The molecule has 1 aromatic heterocycles. The van der Waals surface area contributed by atoms with Gasteiger partial charge >= 0.3 is 0 Å². The molecule has 1 heterocycles. The summed E-state index contributed by atoms with van der Waals surface area (Å²) in [6.45, 7) is 2.09. The molecule has 0 fully saturated rings. The molecular formula is C15H14N2O2. The first-order chi connectivity index (χ1) is 9.17. The second-order valence-electron chi connectivity index (χ2n) is 4.45. The predicted molar refractivity (Wildman–Crippen MR) is 74.9 cm³/mol. The number of nitrogens with two attached hydrogens (primary N) is 1. The van der Waals surface area contributed by atoms with Crippen LogP contribution in [0.5, 0.6) is 5.75 Å². The number of aromatic nitrogens is 1. The largest absolute Gasteiger partial charge is 0.507 e. The Balaban J connectivity index is 2.14. The SMILES string of the molecule is CCc1ccc2oc(-c3ccc(N)cc3O)nc2c1. The van der Waals surface area contributed by atoms with Crippen molar-refractivity contribution in [3.05, 3.63) is 42.0 Å². The lowest BCUT2D eigenvalue weighted by molar-refractivity contribution is 0.474. The third kappa shape index (κ3) is 2.01. The van der Waals surface area contributed by atoms with Crippen LogP contribution >= 0.6 is 0 Å². The van der Waals surface area contributed by atoms with Gasteiger partial charge in [-0.05, 0) is 36.2 Å². The van der Waals surface area contributed by atoms with Crippen molar-refractivity contribution in [1.29, 1.82) is 0 Å². The Morgan fingerprint density at radius 3 is 2.79 bits per heavy atom. The van der Waals surface area contributed by atoms with Crippen molar-refractivity contribution < 1.29 is 9.52 Å². The van der Waals surface area contributed by atoms with Crippen LogP contribution in [0.3, 0.4) is 0 Å². The summed E-state index contributed by atoms with van der Waals surface area (Å²) in [6.07, 6.45) is 0.950. The highest BCUT2D eigenvalue weighted by Crippen LogP contribution is 2.32. The van der Waals surface area contributed by atoms with Crippen LogP contribution in [-0.2, 0) is 6.42 Å². The van der Waals surface area contributed by atoms with Crippen LogP contribution in [0.1, 0.15) is 12.5 Å². The summed E-state index contributed by atoms with van der Waals surface area (Å²) in [4.78, 5) is 4.41. The number of benzene rings is 2. The number of aromatic hydroxyl groups is 1. The molecule has 0 saturated heterocycles. The quantitative estimate of drug-likeness (QED) is 0.688. The first-order valence-corrected chi connectivity index (χ1v) is 6.15. The average molecular weight is 254 g/mol. The lowest BCUT2D eigenvalue weighted by atomic mass is 10.1. The molecule has 0 spiro atoms. The summed E-state index contributed by atoms with van der Waals surface area (Å²) in [7, 11) is 0. The van der Waals surface area contributed by atoms with Gasteiger partial charge in [-0.2, -0.15) is 0 Å². The lowest BCUT2D eigenvalue weighted by Gasteiger charge is -2.00. The molecule has 96 valence electrons. The molecule has 0 unspecified atom stereocenters. The van der Waals surface area contributed by atoms with Gasteiger partial charge in [0.25, 0.3) is 0 Å². The maximum atomic E-state index is 9.89. The van der Waals surface area contributed by atoms with E-state index in [1.54, 1.807) is 12.1 Å². The van der Waals surface area contributed by atoms with Crippen LogP contribution in [0.4, 0.5) is 5.69 Å². The molecule has 0 aliphatic heterocycles. The van der Waals surface area contributed by atoms with E-state index < -0.39 is 0 Å². The highest BCUT2D eigenvalue weighted by atomic mass is 16.3. The lowest BCUT2D eigenvalue weighted by Crippen LogP contribution is -1.85. The van der Waals surface area contributed by atoms with E-state index in [2.05, 4.69) is 11.9 Å². The van der Waals surface area contributed by atoms with Gasteiger partial charge in [-0.15, -0.1) is 0 Å². The number of anilines is 1. The van der Waals surface area contributed by atoms with Crippen molar-refractivity contribution in [3.8, 4) is 17.2 Å². The normalized spacial score (nSPS) is 11.0. The molecule has 19 heavy (non-hydrogen) atoms. The zero-order chi connectivity index (χ0) is 13.4. The van der Waals surface area contributed by atoms with Gasteiger partial charge < -0.3 is 15.3 Å². The fourth-order valence-corrected chi connectivity index (χ4v) is 2.04. The van der Waals surface area contributed by atoms with Crippen molar-refractivity contribution >= 4 is 16.8 Å².